The molecule has 0 saturated carbocycles. The van der Waals surface area contributed by atoms with Crippen molar-refractivity contribution in [3.8, 4) is 11.1 Å². The number of aryl methyl sites for hydroxylation is 2. The molecule has 0 atom stereocenters. The van der Waals surface area contributed by atoms with Gasteiger partial charge >= 0.3 is 0 Å². The minimum absolute atomic E-state index is 0.0415. The van der Waals surface area contributed by atoms with Gasteiger partial charge < -0.3 is 9.80 Å². The fourth-order valence-electron chi connectivity index (χ4n) is 4.19. The summed E-state index contributed by atoms with van der Waals surface area (Å²) in [6, 6.07) is 11.8. The molecule has 1 amide bonds. The molecule has 0 aliphatic carbocycles. The van der Waals surface area contributed by atoms with Crippen LogP contribution in [0, 0.1) is 6.92 Å². The molecule has 174 valence electrons. The monoisotopic (exact) mass is 493 g/mol. The minimum atomic E-state index is -0.103. The normalized spacial score (nSPS) is 14.1. The second-order valence-corrected chi connectivity index (χ2v) is 9.69. The third-order valence-electron chi connectivity index (χ3n) is 6.16. The van der Waals surface area contributed by atoms with Crippen LogP contribution in [0.5, 0.6) is 0 Å². The summed E-state index contributed by atoms with van der Waals surface area (Å²) in [5.41, 5.74) is 2.96. The van der Waals surface area contributed by atoms with Gasteiger partial charge in [-0.25, -0.2) is 9.97 Å². The van der Waals surface area contributed by atoms with Crippen LogP contribution in [0.3, 0.4) is 0 Å². The SMILES string of the molecule is Cc1ccc(-c2csc3ncn(CCC(=O)N4CCN(c5ccc(Cl)cn5)CC4)c(=O)c23)cc1. The smallest absolute Gasteiger partial charge is 0.262 e. The largest absolute Gasteiger partial charge is 0.353 e. The molecule has 5 rings (SSSR count). The predicted octanol–water partition coefficient (Wildman–Crippen LogP) is 4.22. The van der Waals surface area contributed by atoms with E-state index >= 15 is 0 Å². The number of amides is 1. The second-order valence-electron chi connectivity index (χ2n) is 8.39. The van der Waals surface area contributed by atoms with Crippen LogP contribution < -0.4 is 10.5 Å². The first-order chi connectivity index (χ1) is 16.5. The zero-order valence-corrected chi connectivity index (χ0v) is 20.3. The van der Waals surface area contributed by atoms with Gasteiger partial charge in [-0.1, -0.05) is 41.4 Å². The molecule has 7 nitrogen and oxygen atoms in total. The highest BCUT2D eigenvalue weighted by Crippen LogP contribution is 2.30. The molecular weight excluding hydrogens is 470 g/mol. The topological polar surface area (TPSA) is 71.3 Å². The third-order valence-corrected chi connectivity index (χ3v) is 7.27. The Hall–Kier alpha value is -3.23. The highest BCUT2D eigenvalue weighted by atomic mass is 35.5. The molecule has 1 aliphatic rings. The lowest BCUT2D eigenvalue weighted by atomic mass is 10.1. The number of carbonyl (C=O) groups excluding carboxylic acids is 1. The van der Waals surface area contributed by atoms with Gasteiger partial charge in [-0.05, 0) is 24.6 Å². The van der Waals surface area contributed by atoms with Crippen LogP contribution in [-0.4, -0.2) is 51.5 Å². The van der Waals surface area contributed by atoms with Gasteiger partial charge in [0.25, 0.3) is 5.56 Å². The van der Waals surface area contributed by atoms with Crippen LogP contribution in [0.4, 0.5) is 5.82 Å². The molecule has 0 unspecified atom stereocenters. The maximum absolute atomic E-state index is 13.2. The predicted molar refractivity (Wildman–Crippen MR) is 137 cm³/mol. The molecule has 0 spiro atoms. The van der Waals surface area contributed by atoms with E-state index in [1.807, 2.05) is 53.6 Å². The average Bonchev–Trinajstić information content (AvgIpc) is 3.29. The van der Waals surface area contributed by atoms with E-state index in [1.165, 1.54) is 16.9 Å². The molecule has 0 bridgehead atoms. The fourth-order valence-corrected chi connectivity index (χ4v) is 5.20. The number of nitrogens with zero attached hydrogens (tertiary/aromatic N) is 5. The summed E-state index contributed by atoms with van der Waals surface area (Å²) in [5, 5.41) is 3.20. The third kappa shape index (κ3) is 4.56. The molecule has 9 heteroatoms. The molecule has 34 heavy (non-hydrogen) atoms. The zero-order valence-electron chi connectivity index (χ0n) is 18.8. The van der Waals surface area contributed by atoms with Gasteiger partial charge in [0.1, 0.15) is 10.6 Å². The van der Waals surface area contributed by atoms with Crippen molar-refractivity contribution in [3.05, 3.63) is 75.2 Å². The number of halogens is 1. The minimum Gasteiger partial charge on any atom is -0.353 e. The number of pyridine rings is 1. The number of aromatic nitrogens is 3. The number of benzene rings is 1. The molecular formula is C25H24ClN5O2S. The number of piperazine rings is 1. The van der Waals surface area contributed by atoms with E-state index in [-0.39, 0.29) is 17.9 Å². The molecule has 4 aromatic rings. The molecule has 0 radical (unpaired) electrons. The van der Waals surface area contributed by atoms with Crippen molar-refractivity contribution in [2.24, 2.45) is 0 Å². The summed E-state index contributed by atoms with van der Waals surface area (Å²) in [6.07, 6.45) is 3.45. The molecule has 1 fully saturated rings. The second kappa shape index (κ2) is 9.56. The van der Waals surface area contributed by atoms with Crippen LogP contribution in [0.1, 0.15) is 12.0 Å². The first-order valence-corrected chi connectivity index (χ1v) is 12.4. The van der Waals surface area contributed by atoms with Crippen LogP contribution in [0.2, 0.25) is 5.02 Å². The lowest BCUT2D eigenvalue weighted by Crippen LogP contribution is -2.49. The van der Waals surface area contributed by atoms with Gasteiger partial charge in [-0.2, -0.15) is 0 Å². The van der Waals surface area contributed by atoms with Crippen LogP contribution in [0.25, 0.3) is 21.3 Å². The van der Waals surface area contributed by atoms with Gasteiger partial charge in [0, 0.05) is 56.3 Å². The Kier molecular flexibility index (Phi) is 6.34. The molecule has 1 saturated heterocycles. The first-order valence-electron chi connectivity index (χ1n) is 11.2. The maximum atomic E-state index is 13.2. The van der Waals surface area contributed by atoms with E-state index in [1.54, 1.807) is 17.1 Å². The molecule has 4 heterocycles. The van der Waals surface area contributed by atoms with Crippen LogP contribution in [0.15, 0.2) is 59.1 Å². The van der Waals surface area contributed by atoms with Gasteiger partial charge in [-0.3, -0.25) is 14.2 Å². The number of fused-ring (bicyclic) bond motifs is 1. The number of hydrogen-bond donors (Lipinski definition) is 0. The molecule has 0 N–H and O–H groups in total. The van der Waals surface area contributed by atoms with Gasteiger partial charge in [0.05, 0.1) is 16.7 Å². The average molecular weight is 494 g/mol. The van der Waals surface area contributed by atoms with Crippen molar-refractivity contribution >= 4 is 44.9 Å². The number of anilines is 1. The van der Waals surface area contributed by atoms with Crippen molar-refractivity contribution in [1.29, 1.82) is 0 Å². The number of thiophene rings is 1. The van der Waals surface area contributed by atoms with Crippen molar-refractivity contribution in [2.45, 2.75) is 19.9 Å². The summed E-state index contributed by atoms with van der Waals surface area (Å²) in [7, 11) is 0. The summed E-state index contributed by atoms with van der Waals surface area (Å²) in [4.78, 5) is 39.6. The van der Waals surface area contributed by atoms with Crippen molar-refractivity contribution in [2.75, 3.05) is 31.1 Å². The van der Waals surface area contributed by atoms with Gasteiger partial charge in [-0.15, -0.1) is 11.3 Å². The van der Waals surface area contributed by atoms with Crippen LogP contribution >= 0.6 is 22.9 Å². The quantitative estimate of drug-likeness (QED) is 0.416. The number of carbonyl (C=O) groups is 1. The van der Waals surface area contributed by atoms with E-state index in [9.17, 15) is 9.59 Å². The lowest BCUT2D eigenvalue weighted by Gasteiger charge is -2.35. The van der Waals surface area contributed by atoms with Crippen molar-refractivity contribution in [1.82, 2.24) is 19.4 Å². The highest BCUT2D eigenvalue weighted by Gasteiger charge is 2.22. The molecule has 1 aliphatic heterocycles. The van der Waals surface area contributed by atoms with Crippen LogP contribution in [-0.2, 0) is 11.3 Å². The van der Waals surface area contributed by atoms with E-state index in [0.29, 0.717) is 43.1 Å². The number of hydrogen-bond acceptors (Lipinski definition) is 6. The van der Waals surface area contributed by atoms with E-state index in [0.717, 1.165) is 21.8 Å². The van der Waals surface area contributed by atoms with E-state index < -0.39 is 0 Å². The molecule has 1 aromatic carbocycles. The van der Waals surface area contributed by atoms with Crippen molar-refractivity contribution in [3.63, 3.8) is 0 Å². The Morgan fingerprint density at radius 1 is 1.06 bits per heavy atom. The summed E-state index contributed by atoms with van der Waals surface area (Å²) in [6.45, 7) is 5.01. The van der Waals surface area contributed by atoms with Crippen molar-refractivity contribution < 1.29 is 4.79 Å². The Morgan fingerprint density at radius 2 is 1.82 bits per heavy atom. The van der Waals surface area contributed by atoms with Gasteiger partial charge in [0.15, 0.2) is 0 Å². The fraction of sp³-hybridized carbons (Fsp3) is 0.280. The van der Waals surface area contributed by atoms with E-state index in [4.69, 9.17) is 11.6 Å². The zero-order chi connectivity index (χ0) is 23.7. The Labute approximate surface area is 206 Å². The first kappa shape index (κ1) is 22.6. The Balaban J connectivity index is 1.25. The van der Waals surface area contributed by atoms with E-state index in [2.05, 4.69) is 14.9 Å². The summed E-state index contributed by atoms with van der Waals surface area (Å²) < 4.78 is 1.55. The summed E-state index contributed by atoms with van der Waals surface area (Å²) >= 11 is 7.39. The Morgan fingerprint density at radius 3 is 2.53 bits per heavy atom. The Bertz CT molecular complexity index is 1370. The van der Waals surface area contributed by atoms with Gasteiger partial charge in [0.2, 0.25) is 5.91 Å². The maximum Gasteiger partial charge on any atom is 0.262 e. The number of rotatable bonds is 5. The molecule has 3 aromatic heterocycles. The standard InChI is InChI=1S/C25H24ClN5O2S/c1-17-2-4-18(5-3-17)20-15-34-24-23(20)25(33)31(16-28-24)9-8-22(32)30-12-10-29(11-13-30)21-7-6-19(26)14-27-21/h2-7,14-16H,8-13H2,1H3. The highest BCUT2D eigenvalue weighted by molar-refractivity contribution is 7.17. The lowest BCUT2D eigenvalue weighted by molar-refractivity contribution is -0.131. The summed E-state index contributed by atoms with van der Waals surface area (Å²) in [5.74, 6) is 0.905.